The number of rotatable bonds is 25. The molecule has 2 amide bonds. The fourth-order valence-corrected chi connectivity index (χ4v) is 12.9. The van der Waals surface area contributed by atoms with Crippen molar-refractivity contribution in [1.82, 2.24) is 33.0 Å². The van der Waals surface area contributed by atoms with Gasteiger partial charge in [-0.3, -0.25) is 47.9 Å². The number of aromatic nitrogens is 4. The molecule has 131 heavy (non-hydrogen) atoms. The van der Waals surface area contributed by atoms with Gasteiger partial charge in [-0.15, -0.1) is 23.2 Å². The third-order valence-corrected chi connectivity index (χ3v) is 19.1. The van der Waals surface area contributed by atoms with Crippen molar-refractivity contribution in [3.8, 4) is 5.75 Å². The summed E-state index contributed by atoms with van der Waals surface area (Å²) in [6.07, 6.45) is 12.8. The lowest BCUT2D eigenvalue weighted by Gasteiger charge is -2.44. The van der Waals surface area contributed by atoms with Crippen LogP contribution in [0.2, 0.25) is 20.1 Å². The molecule has 720 valence electrons. The number of halogens is 6. The molecule has 0 saturated carbocycles. The van der Waals surface area contributed by atoms with Crippen molar-refractivity contribution in [2.75, 3.05) is 86.3 Å². The topological polar surface area (TPSA) is 573 Å². The van der Waals surface area contributed by atoms with Crippen LogP contribution in [0.3, 0.4) is 0 Å². The quantitative estimate of drug-likeness (QED) is 0.0106. The number of aromatic hydroxyl groups is 1. The number of methoxy groups -OCH3 is 2. The van der Waals surface area contributed by atoms with Crippen molar-refractivity contribution < 1.29 is 148 Å². The molecule has 4 aliphatic rings. The molecule has 2 fully saturated rings. The molecule has 0 aliphatic carbocycles. The summed E-state index contributed by atoms with van der Waals surface area (Å²) in [7, 11) is 6.44. The van der Waals surface area contributed by atoms with Gasteiger partial charge >= 0.3 is 60.6 Å². The van der Waals surface area contributed by atoms with Gasteiger partial charge in [-0.2, -0.15) is 47.9 Å². The van der Waals surface area contributed by atoms with Crippen LogP contribution in [0.5, 0.6) is 5.75 Å². The van der Waals surface area contributed by atoms with Crippen LogP contribution >= 0.6 is 69.6 Å². The molecular weight excluding hydrogens is 1870 g/mol. The Hall–Kier alpha value is -12.1. The van der Waals surface area contributed by atoms with Gasteiger partial charge in [-0.25, -0.2) is 19.2 Å². The van der Waals surface area contributed by atoms with E-state index in [9.17, 15) is 77.0 Å². The Morgan fingerprint density at radius 2 is 0.962 bits per heavy atom. The summed E-state index contributed by atoms with van der Waals surface area (Å²) in [4.78, 5) is 259. The molecule has 0 spiro atoms. The summed E-state index contributed by atoms with van der Waals surface area (Å²) in [6.45, 7) is 23.3. The van der Waals surface area contributed by atoms with E-state index in [-0.39, 0.29) is 178 Å². The molecule has 49 heteroatoms. The number of aryl methyl sites for hydroxylation is 2. The summed E-state index contributed by atoms with van der Waals surface area (Å²) in [5.74, 6) is -5.01. The Morgan fingerprint density at radius 3 is 1.36 bits per heavy atom. The van der Waals surface area contributed by atoms with E-state index in [4.69, 9.17) is 155 Å². The second kappa shape index (κ2) is 68.0. The van der Waals surface area contributed by atoms with Crippen LogP contribution in [0.15, 0.2) is 77.3 Å². The lowest BCUT2D eigenvalue weighted by Crippen LogP contribution is -2.57. The number of aldehydes is 1. The number of pyridine rings is 4. The number of amides is 2. The minimum atomic E-state index is -0.730. The lowest BCUT2D eigenvalue weighted by molar-refractivity contribution is -0.193. The first-order chi connectivity index (χ1) is 62.1. The molecule has 4 atom stereocenters. The van der Waals surface area contributed by atoms with Crippen LogP contribution in [0.25, 0.3) is 0 Å². The first-order valence-corrected chi connectivity index (χ1v) is 41.4. The lowest BCUT2D eigenvalue weighted by atomic mass is 10.1. The summed E-state index contributed by atoms with van der Waals surface area (Å²) in [5, 5.41) is 9.73. The average molecular weight is 1970 g/mol. The molecule has 0 unspecified atom stereocenters. The van der Waals surface area contributed by atoms with Crippen molar-refractivity contribution >= 4 is 160 Å². The zero-order valence-corrected chi connectivity index (χ0v) is 78.3. The number of carbonyl (C=O) groups excluding carboxylic acids is 20. The number of hydrogen-bond acceptors (Lipinski definition) is 37. The Bertz CT molecular complexity index is 5110. The summed E-state index contributed by atoms with van der Waals surface area (Å²) in [6, 6.07) is 1.42. The van der Waals surface area contributed by atoms with Crippen molar-refractivity contribution in [3.63, 3.8) is 0 Å². The predicted octanol–water partition coefficient (Wildman–Crippen LogP) is 5.76. The monoisotopic (exact) mass is 1970 g/mol. The highest BCUT2D eigenvalue weighted by atomic mass is 35.5. The Balaban J connectivity index is -0.00000143. The highest BCUT2D eigenvalue weighted by molar-refractivity contribution is 6.35. The number of ketones is 2. The number of carbonyl (C=O) groups is 10. The molecule has 9 rings (SSSR count). The highest BCUT2D eigenvalue weighted by Gasteiger charge is 2.42. The molecule has 1 N–H and O–H groups in total. The number of fused-ring (bicyclic) bond motifs is 4. The van der Waals surface area contributed by atoms with Gasteiger partial charge in [0.2, 0.25) is 27.1 Å². The van der Waals surface area contributed by atoms with E-state index in [1.165, 1.54) is 49.6 Å². The number of Topliss-reactive ketones (excluding diaryl/α,β-unsaturated/α-hetero) is 2. The molecule has 43 nitrogen and oxygen atoms in total. The minimum absolute atomic E-state index is 0.0214. The first-order valence-electron chi connectivity index (χ1n) is 38.8. The van der Waals surface area contributed by atoms with E-state index < -0.39 is 69.4 Å². The van der Waals surface area contributed by atoms with Gasteiger partial charge in [-0.05, 0) is 80.6 Å². The Morgan fingerprint density at radius 1 is 0.542 bits per heavy atom. The number of esters is 5. The second-order valence-corrected chi connectivity index (χ2v) is 27.5. The van der Waals surface area contributed by atoms with Crippen LogP contribution in [0.4, 0.5) is 0 Å². The molecule has 0 bridgehead atoms. The van der Waals surface area contributed by atoms with Crippen molar-refractivity contribution in [3.05, 3.63) is 171 Å². The third kappa shape index (κ3) is 39.6. The van der Waals surface area contributed by atoms with E-state index in [0.29, 0.717) is 99.8 Å². The molecule has 0 aromatic carbocycles. The van der Waals surface area contributed by atoms with E-state index in [1.54, 1.807) is 90.2 Å². The van der Waals surface area contributed by atoms with E-state index in [2.05, 4.69) is 9.47 Å². The molecule has 5 aromatic heterocycles. The summed E-state index contributed by atoms with van der Waals surface area (Å²) in [5.41, 5.74) is -0.687. The molecular formula is C82H99Cl6N7O36. The van der Waals surface area contributed by atoms with Gasteiger partial charge in [-0.1, -0.05) is 74.1 Å². The van der Waals surface area contributed by atoms with E-state index in [1.807, 2.05) is 34.6 Å². The van der Waals surface area contributed by atoms with Crippen LogP contribution < -0.4 is 27.1 Å². The van der Waals surface area contributed by atoms with Crippen LogP contribution in [-0.2, 0) is 166 Å². The molecule has 0 radical (unpaired) electrons. The molecule has 4 aliphatic heterocycles. The fourth-order valence-electron chi connectivity index (χ4n) is 11.4. The van der Waals surface area contributed by atoms with Gasteiger partial charge in [0.15, 0.2) is 41.8 Å². The summed E-state index contributed by atoms with van der Waals surface area (Å²) >= 11 is 34.4. The Kier molecular flexibility index (Phi) is 63.9. The standard InChI is InChI=1S/C14H17ClN2O3.C14H20ClNO5.C12H14ClNO4.C12H14N2O4.C10H11ClO4.C9H14ClNO3.C6H9ClO3.5CO2/c1-3-9-6-16-7-10-17(8(2)4-5-20-10)14(19)12(16)11(15)13(9)18;1-5-10-12(15)13(17)9(14(18)21-6-2)7-16(10)8-11(19-3)20-4;1-3-9-10(13)11(16)8(12(17)18-4-2)7-14(9)5-6-15;1-7-3-5-18-9-6-13-4-2-8(15)11(16)10(13)12(17)14(7)9;1-3-7-8(11)9(12)6(5-15-7)10(13)14-4-2;1-4-14-9(13)7(6-11(2)3)8(12)5-10;1-2-10-6(9)3-5(8)4-7;5*2-1-3/h6,8,10H,3-5,7H2,1-2H3;7,11H,5-6,8H2,1-4H3;6-7H,3-5H2,1-2H3;2,4,7,9,16H,3,5-6H2,1H3;5H,3-4H2,1-2H3;6H,4-5H2,1-3H3;2-4H2,1H3;;;;;/b;;;;;7-6-;;;;;;/t8-,10+;;;7-,9+;;;;;;;;/m1..1......../s1. The molecule has 5 aromatic rings. The van der Waals surface area contributed by atoms with Crippen LogP contribution in [0.1, 0.15) is 170 Å². The van der Waals surface area contributed by atoms with Gasteiger partial charge < -0.3 is 89.9 Å². The zero-order valence-electron chi connectivity index (χ0n) is 73.8. The van der Waals surface area contributed by atoms with E-state index >= 15 is 0 Å². The number of hydrogen-bond donors (Lipinski definition) is 1. The second-order valence-electron chi connectivity index (χ2n) is 25.5. The Labute approximate surface area is 777 Å². The van der Waals surface area contributed by atoms with E-state index in [0.717, 1.165) is 19.1 Å². The van der Waals surface area contributed by atoms with Gasteiger partial charge in [0.05, 0.1) is 84.2 Å². The number of nitrogens with zero attached hydrogens (tertiary/aromatic N) is 7. The number of ether oxygens (including phenoxy) is 9. The van der Waals surface area contributed by atoms with Crippen molar-refractivity contribution in [2.45, 2.75) is 178 Å². The van der Waals surface area contributed by atoms with Gasteiger partial charge in [0, 0.05) is 101 Å². The fraction of sp³-hybridized carbons (Fsp3) is 0.488. The normalized spacial score (nSPS) is 14.0. The van der Waals surface area contributed by atoms with Gasteiger partial charge in [0.1, 0.15) is 72.8 Å². The minimum Gasteiger partial charge on any atom is -0.503 e. The smallest absolute Gasteiger partial charge is 0.373 e. The first kappa shape index (κ1) is 123. The summed E-state index contributed by atoms with van der Waals surface area (Å²) < 4.78 is 56.7. The van der Waals surface area contributed by atoms with Crippen LogP contribution in [-0.4, -0.2) is 245 Å². The highest BCUT2D eigenvalue weighted by Crippen LogP contribution is 2.31. The number of alkyl halides is 2. The van der Waals surface area contributed by atoms with Crippen molar-refractivity contribution in [1.29, 1.82) is 0 Å². The average Bonchev–Trinajstić information content (AvgIpc) is 0.762. The van der Waals surface area contributed by atoms with Gasteiger partial charge in [0.25, 0.3) is 11.8 Å². The molecule has 9 heterocycles. The maximum Gasteiger partial charge on any atom is 0.373 e. The SMILES string of the molecule is CCOC(=O)/C(=C\N(C)C)C(=O)CCl.CCOC(=O)CC(=O)CCl.CCOC(=O)c1cn(CC(OC)OC)c(CC)c(Cl)c1=O.CCOC(=O)c1cn(CC=O)c(CC)c(Cl)c1=O.CCOC(=O)c1coc(CC)c(Cl)c1=O.CCc1cn2c(c(Cl)c1=O)C(=O)N1[C@H](C)CCO[C@H]1C2.C[C@@H]1CCO[C@H]2Cn3ccc(=O)c(O)c3C(=O)N12.O=C=O.O=C=O.O=C=O.O=C=O.O=C=O. The van der Waals surface area contributed by atoms with Crippen molar-refractivity contribution in [2.24, 2.45) is 0 Å². The largest absolute Gasteiger partial charge is 0.503 e. The predicted molar refractivity (Wildman–Crippen MR) is 455 cm³/mol. The van der Waals surface area contributed by atoms with Crippen LogP contribution in [0, 0.1) is 0 Å². The maximum absolute atomic E-state index is 12.6. The maximum atomic E-state index is 12.6. The molecule has 2 saturated heterocycles. The zero-order chi connectivity index (χ0) is 101. The third-order valence-electron chi connectivity index (χ3n) is 17.1.